The van der Waals surface area contributed by atoms with Crippen LogP contribution in [0.15, 0.2) is 23.6 Å². The zero-order valence-corrected chi connectivity index (χ0v) is 21.7. The molecule has 0 aliphatic carbocycles. The Kier molecular flexibility index (Phi) is 8.31. The lowest BCUT2D eigenvalue weighted by molar-refractivity contribution is -0.137. The van der Waals surface area contributed by atoms with Crippen LogP contribution in [0.1, 0.15) is 60.1 Å². The van der Waals surface area contributed by atoms with E-state index in [2.05, 4.69) is 23.7 Å². The van der Waals surface area contributed by atoms with Crippen molar-refractivity contribution in [3.63, 3.8) is 0 Å². The molecule has 1 aromatic heterocycles. The molecule has 4 rings (SSSR count). The highest BCUT2D eigenvalue weighted by Gasteiger charge is 2.41. The van der Waals surface area contributed by atoms with E-state index in [9.17, 15) is 9.59 Å². The molecule has 0 radical (unpaired) electrons. The molecule has 2 aliphatic rings. The maximum absolute atomic E-state index is 13.1. The maximum Gasteiger partial charge on any atom is 0.306 e. The number of carboxylic acid groups (broad SMARTS) is 1. The van der Waals surface area contributed by atoms with Crippen LogP contribution in [0.5, 0.6) is 5.75 Å². The van der Waals surface area contributed by atoms with Gasteiger partial charge >= 0.3 is 5.97 Å². The molecular weight excluding hydrogens is 490 g/mol. The largest absolute Gasteiger partial charge is 0.491 e. The smallest absolute Gasteiger partial charge is 0.306 e. The highest BCUT2D eigenvalue weighted by molar-refractivity contribution is 7.09. The molecule has 2 fully saturated rings. The Morgan fingerprint density at radius 2 is 2.06 bits per heavy atom. The van der Waals surface area contributed by atoms with Crippen molar-refractivity contribution < 1.29 is 24.2 Å². The molecule has 10 heteroatoms. The summed E-state index contributed by atoms with van der Waals surface area (Å²) in [4.78, 5) is 32.6. The molecule has 0 unspecified atom stereocenters. The first-order valence-corrected chi connectivity index (χ1v) is 13.2. The van der Waals surface area contributed by atoms with Crippen LogP contribution < -0.4 is 4.74 Å². The van der Waals surface area contributed by atoms with Crippen molar-refractivity contribution in [2.24, 2.45) is 0 Å². The second-order valence-corrected chi connectivity index (χ2v) is 10.7. The molecule has 0 atom stereocenters. The molecule has 1 spiro atoms. The molecule has 3 heterocycles. The lowest BCUT2D eigenvalue weighted by Crippen LogP contribution is -2.58. The number of carbonyl (C=O) groups excluding carboxylic acids is 1. The van der Waals surface area contributed by atoms with Gasteiger partial charge in [0.1, 0.15) is 11.4 Å². The van der Waals surface area contributed by atoms with E-state index in [0.717, 1.165) is 36.5 Å². The van der Waals surface area contributed by atoms with Gasteiger partial charge in [-0.3, -0.25) is 14.5 Å². The molecule has 1 N–H and O–H groups in total. The van der Waals surface area contributed by atoms with Gasteiger partial charge in [-0.2, -0.15) is 0 Å². The summed E-state index contributed by atoms with van der Waals surface area (Å²) in [5, 5.41) is 12.2. The van der Waals surface area contributed by atoms with Crippen molar-refractivity contribution in [2.75, 3.05) is 39.4 Å². The zero-order valence-electron chi connectivity index (χ0n) is 20.2. The van der Waals surface area contributed by atoms with E-state index in [1.807, 2.05) is 22.4 Å². The Hall–Kier alpha value is -2.20. The number of ether oxygens (including phenoxy) is 2. The molecule has 2 aliphatic heterocycles. The van der Waals surface area contributed by atoms with Gasteiger partial charge in [0, 0.05) is 37.5 Å². The summed E-state index contributed by atoms with van der Waals surface area (Å²) in [5.41, 5.74) is 1.15. The standard InChI is InChI=1S/C25H32ClN3O5S/c1-17(2)23-27-19(15-35-23)24(32)29-11-13-34-25(16-29)7-9-28(10-8-25)14-18-4-3-5-20(22(18)26)33-12-6-21(30)31/h3-5,15,17H,6-14,16H2,1-2H3,(H,30,31). The first-order chi connectivity index (χ1) is 16.8. The number of amides is 1. The van der Waals surface area contributed by atoms with Crippen LogP contribution in [-0.2, 0) is 16.1 Å². The summed E-state index contributed by atoms with van der Waals surface area (Å²) in [7, 11) is 0. The second kappa shape index (κ2) is 11.2. The first-order valence-electron chi connectivity index (χ1n) is 12.0. The number of carbonyl (C=O) groups is 2. The van der Waals surface area contributed by atoms with Crippen molar-refractivity contribution in [3.8, 4) is 5.75 Å². The third kappa shape index (κ3) is 6.33. The van der Waals surface area contributed by atoms with E-state index in [1.165, 1.54) is 0 Å². The van der Waals surface area contributed by atoms with Crippen molar-refractivity contribution >= 4 is 34.8 Å². The number of rotatable bonds is 8. The monoisotopic (exact) mass is 521 g/mol. The lowest BCUT2D eigenvalue weighted by Gasteiger charge is -2.47. The Bertz CT molecular complexity index is 1050. The molecule has 2 aromatic rings. The van der Waals surface area contributed by atoms with Gasteiger partial charge in [0.2, 0.25) is 0 Å². The van der Waals surface area contributed by atoms with E-state index in [0.29, 0.717) is 48.6 Å². The predicted molar refractivity (Wildman–Crippen MR) is 135 cm³/mol. The number of hydrogen-bond donors (Lipinski definition) is 1. The number of carboxylic acids is 1. The van der Waals surface area contributed by atoms with Crippen molar-refractivity contribution in [1.29, 1.82) is 0 Å². The van der Waals surface area contributed by atoms with Gasteiger partial charge in [-0.05, 0) is 24.5 Å². The minimum Gasteiger partial charge on any atom is -0.491 e. The molecule has 190 valence electrons. The predicted octanol–water partition coefficient (Wildman–Crippen LogP) is 4.28. The van der Waals surface area contributed by atoms with Crippen molar-refractivity contribution in [1.82, 2.24) is 14.8 Å². The summed E-state index contributed by atoms with van der Waals surface area (Å²) in [6.07, 6.45) is 1.59. The van der Waals surface area contributed by atoms with Gasteiger partial charge < -0.3 is 19.5 Å². The van der Waals surface area contributed by atoms with Gasteiger partial charge in [0.25, 0.3) is 5.91 Å². The van der Waals surface area contributed by atoms with E-state index in [1.54, 1.807) is 17.4 Å². The summed E-state index contributed by atoms with van der Waals surface area (Å²) in [6, 6.07) is 5.60. The number of thiazole rings is 1. The van der Waals surface area contributed by atoms with Crippen LogP contribution in [-0.4, -0.2) is 76.8 Å². The van der Waals surface area contributed by atoms with Crippen molar-refractivity contribution in [3.05, 3.63) is 44.9 Å². The van der Waals surface area contributed by atoms with Crippen LogP contribution in [0.25, 0.3) is 0 Å². The SMILES string of the molecule is CC(C)c1nc(C(=O)N2CCOC3(CCN(Cc4cccc(OCCC(=O)O)c4Cl)CC3)C2)cs1. The van der Waals surface area contributed by atoms with Crippen LogP contribution >= 0.6 is 22.9 Å². The summed E-state index contributed by atoms with van der Waals surface area (Å²) in [5.74, 6) is -0.0971. The first kappa shape index (κ1) is 25.9. The number of aliphatic carboxylic acids is 1. The fraction of sp³-hybridized carbons (Fsp3) is 0.560. The molecule has 2 saturated heterocycles. The normalized spacial score (nSPS) is 18.2. The molecule has 8 nitrogen and oxygen atoms in total. The fourth-order valence-electron chi connectivity index (χ4n) is 4.53. The minimum atomic E-state index is -0.906. The molecule has 1 amide bonds. The number of halogens is 1. The van der Waals surface area contributed by atoms with Crippen LogP contribution in [0.2, 0.25) is 5.02 Å². The van der Waals surface area contributed by atoms with E-state index in [4.69, 9.17) is 26.2 Å². The minimum absolute atomic E-state index is 0.00949. The quantitative estimate of drug-likeness (QED) is 0.554. The van der Waals surface area contributed by atoms with Crippen LogP contribution in [0.4, 0.5) is 0 Å². The highest BCUT2D eigenvalue weighted by atomic mass is 35.5. The maximum atomic E-state index is 13.1. The van der Waals surface area contributed by atoms with Gasteiger partial charge in [-0.1, -0.05) is 37.6 Å². The summed E-state index contributed by atoms with van der Waals surface area (Å²) >= 11 is 8.09. The molecule has 35 heavy (non-hydrogen) atoms. The van der Waals surface area contributed by atoms with Crippen molar-refractivity contribution in [2.45, 2.75) is 51.2 Å². The number of aromatic nitrogens is 1. The number of piperidine rings is 1. The Morgan fingerprint density at radius 1 is 1.29 bits per heavy atom. The van der Waals surface area contributed by atoms with Gasteiger partial charge in [-0.25, -0.2) is 4.98 Å². The zero-order chi connectivity index (χ0) is 25.0. The number of likely N-dealkylation sites (tertiary alicyclic amines) is 1. The van der Waals surface area contributed by atoms with Gasteiger partial charge in [0.15, 0.2) is 0 Å². The Morgan fingerprint density at radius 3 is 2.74 bits per heavy atom. The molecule has 0 bridgehead atoms. The number of morpholine rings is 1. The third-order valence-electron chi connectivity index (χ3n) is 6.55. The molecule has 0 saturated carbocycles. The summed E-state index contributed by atoms with van der Waals surface area (Å²) in [6.45, 7) is 8.29. The van der Waals surface area contributed by atoms with Crippen LogP contribution in [0, 0.1) is 0 Å². The second-order valence-electron chi connectivity index (χ2n) is 9.48. The number of hydrogen-bond acceptors (Lipinski definition) is 7. The average molecular weight is 522 g/mol. The third-order valence-corrected chi connectivity index (χ3v) is 8.12. The van der Waals surface area contributed by atoms with E-state index >= 15 is 0 Å². The lowest BCUT2D eigenvalue weighted by atomic mass is 9.89. The fourth-order valence-corrected chi connectivity index (χ4v) is 5.58. The molecular formula is C25H32ClN3O5S. The number of nitrogens with zero attached hydrogens (tertiary/aromatic N) is 3. The number of benzene rings is 1. The Labute approximate surface area is 214 Å². The van der Waals surface area contributed by atoms with Crippen LogP contribution in [0.3, 0.4) is 0 Å². The topological polar surface area (TPSA) is 92.2 Å². The van der Waals surface area contributed by atoms with Gasteiger partial charge in [-0.15, -0.1) is 11.3 Å². The average Bonchev–Trinajstić information content (AvgIpc) is 3.33. The molecule has 1 aromatic carbocycles. The highest BCUT2D eigenvalue weighted by Crippen LogP contribution is 2.34. The summed E-state index contributed by atoms with van der Waals surface area (Å²) < 4.78 is 11.8. The van der Waals surface area contributed by atoms with Gasteiger partial charge in [0.05, 0.1) is 41.8 Å². The van der Waals surface area contributed by atoms with E-state index in [-0.39, 0.29) is 24.5 Å². The Balaban J connectivity index is 1.33. The van der Waals surface area contributed by atoms with E-state index < -0.39 is 5.97 Å².